The van der Waals surface area contributed by atoms with Crippen molar-refractivity contribution in [2.45, 2.75) is 30.7 Å². The maximum atomic E-state index is 13.3. The van der Waals surface area contributed by atoms with E-state index in [-0.39, 0.29) is 29.9 Å². The standard InChI is InChI=1S/C21H23N3O6S/c1-2-29-15-7-5-14(6-8-15)22-21(26)18-4-3-11-24(18)31(27,28)16-9-10-19-17(12-16)23-20(25)13-30-19/h5-10,12,18H,2-4,11,13H2,1H3,(H,22,26)(H,23,25). The number of ether oxygens (including phenoxy) is 2. The number of nitrogens with one attached hydrogen (secondary N) is 2. The molecule has 2 heterocycles. The van der Waals surface area contributed by atoms with Gasteiger partial charge in [-0.1, -0.05) is 0 Å². The Morgan fingerprint density at radius 1 is 1.26 bits per heavy atom. The van der Waals surface area contributed by atoms with Crippen molar-refractivity contribution < 1.29 is 27.5 Å². The first-order valence-corrected chi connectivity index (χ1v) is 11.4. The van der Waals surface area contributed by atoms with Gasteiger partial charge in [0.2, 0.25) is 15.9 Å². The van der Waals surface area contributed by atoms with Crippen molar-refractivity contribution in [3.05, 3.63) is 42.5 Å². The number of sulfonamides is 1. The highest BCUT2D eigenvalue weighted by Crippen LogP contribution is 2.33. The van der Waals surface area contributed by atoms with Crippen molar-refractivity contribution in [1.82, 2.24) is 4.31 Å². The quantitative estimate of drug-likeness (QED) is 0.705. The van der Waals surface area contributed by atoms with Gasteiger partial charge in [-0.05, 0) is 62.2 Å². The molecule has 2 aromatic rings. The maximum Gasteiger partial charge on any atom is 0.262 e. The van der Waals surface area contributed by atoms with Crippen molar-refractivity contribution in [1.29, 1.82) is 0 Å². The molecule has 31 heavy (non-hydrogen) atoms. The van der Waals surface area contributed by atoms with Crippen LogP contribution in [-0.4, -0.2) is 50.3 Å². The van der Waals surface area contributed by atoms with E-state index in [4.69, 9.17) is 9.47 Å². The minimum Gasteiger partial charge on any atom is -0.494 e. The summed E-state index contributed by atoms with van der Waals surface area (Å²) in [5.41, 5.74) is 0.859. The van der Waals surface area contributed by atoms with Gasteiger partial charge in [0.15, 0.2) is 6.61 Å². The van der Waals surface area contributed by atoms with Crippen LogP contribution in [0.25, 0.3) is 0 Å². The van der Waals surface area contributed by atoms with Crippen LogP contribution in [0.5, 0.6) is 11.5 Å². The second-order valence-corrected chi connectivity index (χ2v) is 9.11. The van der Waals surface area contributed by atoms with E-state index in [2.05, 4.69) is 10.6 Å². The zero-order chi connectivity index (χ0) is 22.0. The van der Waals surface area contributed by atoms with Gasteiger partial charge in [-0.25, -0.2) is 8.42 Å². The molecule has 0 saturated carbocycles. The van der Waals surface area contributed by atoms with Gasteiger partial charge in [-0.15, -0.1) is 0 Å². The Hall–Kier alpha value is -3.11. The SMILES string of the molecule is CCOc1ccc(NC(=O)C2CCCN2S(=O)(=O)c2ccc3c(c2)NC(=O)CO3)cc1. The maximum absolute atomic E-state index is 13.3. The first-order valence-electron chi connectivity index (χ1n) is 10.0. The molecule has 1 saturated heterocycles. The molecule has 0 radical (unpaired) electrons. The first-order chi connectivity index (χ1) is 14.9. The Morgan fingerprint density at radius 3 is 2.77 bits per heavy atom. The fraction of sp³-hybridized carbons (Fsp3) is 0.333. The fourth-order valence-corrected chi connectivity index (χ4v) is 5.36. The lowest BCUT2D eigenvalue weighted by Gasteiger charge is -2.24. The Morgan fingerprint density at radius 2 is 2.03 bits per heavy atom. The lowest BCUT2D eigenvalue weighted by molar-refractivity contribution is -0.119. The number of carbonyl (C=O) groups excluding carboxylic acids is 2. The zero-order valence-corrected chi connectivity index (χ0v) is 17.8. The number of hydrogen-bond acceptors (Lipinski definition) is 6. The summed E-state index contributed by atoms with van der Waals surface area (Å²) in [5.74, 6) is 0.356. The van der Waals surface area contributed by atoms with E-state index in [1.807, 2.05) is 6.92 Å². The molecule has 10 heteroatoms. The predicted octanol–water partition coefficient (Wildman–Crippen LogP) is 2.21. The molecule has 9 nitrogen and oxygen atoms in total. The number of amides is 2. The third-order valence-corrected chi connectivity index (χ3v) is 7.03. The lowest BCUT2D eigenvalue weighted by atomic mass is 10.2. The molecule has 0 spiro atoms. The molecule has 0 aromatic heterocycles. The van der Waals surface area contributed by atoms with E-state index >= 15 is 0 Å². The Labute approximate surface area is 180 Å². The van der Waals surface area contributed by atoms with Gasteiger partial charge in [-0.2, -0.15) is 4.31 Å². The number of nitrogens with zero attached hydrogens (tertiary/aromatic N) is 1. The van der Waals surface area contributed by atoms with Crippen LogP contribution >= 0.6 is 0 Å². The third kappa shape index (κ3) is 4.35. The van der Waals surface area contributed by atoms with Gasteiger partial charge in [-0.3, -0.25) is 9.59 Å². The van der Waals surface area contributed by atoms with E-state index in [1.165, 1.54) is 22.5 Å². The smallest absolute Gasteiger partial charge is 0.262 e. The highest BCUT2D eigenvalue weighted by molar-refractivity contribution is 7.89. The molecule has 2 amide bonds. The highest BCUT2D eigenvalue weighted by atomic mass is 32.2. The van der Waals surface area contributed by atoms with Crippen molar-refractivity contribution in [3.63, 3.8) is 0 Å². The summed E-state index contributed by atoms with van der Waals surface area (Å²) < 4.78 is 38.4. The van der Waals surface area contributed by atoms with Gasteiger partial charge in [0.25, 0.3) is 5.91 Å². The minimum atomic E-state index is -3.94. The monoisotopic (exact) mass is 445 g/mol. The molecule has 1 fully saturated rings. The fourth-order valence-electron chi connectivity index (χ4n) is 3.67. The van der Waals surface area contributed by atoms with Crippen LogP contribution in [-0.2, 0) is 19.6 Å². The van der Waals surface area contributed by atoms with Crippen molar-refractivity contribution >= 4 is 33.2 Å². The van der Waals surface area contributed by atoms with E-state index in [9.17, 15) is 18.0 Å². The average Bonchev–Trinajstić information content (AvgIpc) is 3.26. The van der Waals surface area contributed by atoms with Crippen LogP contribution in [0, 0.1) is 0 Å². The van der Waals surface area contributed by atoms with Gasteiger partial charge < -0.3 is 20.1 Å². The molecule has 164 valence electrons. The Balaban J connectivity index is 1.52. The molecule has 2 aromatic carbocycles. The first kappa shape index (κ1) is 21.1. The summed E-state index contributed by atoms with van der Waals surface area (Å²) >= 11 is 0. The molecule has 2 N–H and O–H groups in total. The van der Waals surface area contributed by atoms with Crippen LogP contribution < -0.4 is 20.1 Å². The number of anilines is 2. The Kier molecular flexibility index (Phi) is 5.84. The molecule has 0 bridgehead atoms. The lowest BCUT2D eigenvalue weighted by Crippen LogP contribution is -2.43. The van der Waals surface area contributed by atoms with Crippen LogP contribution in [0.1, 0.15) is 19.8 Å². The summed E-state index contributed by atoms with van der Waals surface area (Å²) in [6, 6.07) is 10.4. The van der Waals surface area contributed by atoms with Gasteiger partial charge in [0.05, 0.1) is 17.2 Å². The van der Waals surface area contributed by atoms with E-state index < -0.39 is 16.1 Å². The average molecular weight is 445 g/mol. The number of rotatable bonds is 6. The molecule has 2 aliphatic rings. The van der Waals surface area contributed by atoms with E-state index in [0.717, 1.165) is 0 Å². The summed E-state index contributed by atoms with van der Waals surface area (Å²) in [5, 5.41) is 5.39. The van der Waals surface area contributed by atoms with Gasteiger partial charge in [0, 0.05) is 12.2 Å². The van der Waals surface area contributed by atoms with Crippen LogP contribution in [0.4, 0.5) is 11.4 Å². The number of fused-ring (bicyclic) bond motifs is 1. The van der Waals surface area contributed by atoms with E-state index in [1.54, 1.807) is 24.3 Å². The predicted molar refractivity (Wildman–Crippen MR) is 114 cm³/mol. The number of carbonyl (C=O) groups is 2. The van der Waals surface area contributed by atoms with Crippen LogP contribution in [0.2, 0.25) is 0 Å². The molecule has 1 atom stereocenters. The molecule has 2 aliphatic heterocycles. The summed E-state index contributed by atoms with van der Waals surface area (Å²) in [6.07, 6.45) is 0.998. The third-order valence-electron chi connectivity index (χ3n) is 5.13. The molecule has 4 rings (SSSR count). The summed E-state index contributed by atoms with van der Waals surface area (Å²) in [4.78, 5) is 24.4. The summed E-state index contributed by atoms with van der Waals surface area (Å²) in [7, 11) is -3.94. The Bertz CT molecular complexity index is 1100. The zero-order valence-electron chi connectivity index (χ0n) is 17.0. The molecule has 1 unspecified atom stereocenters. The van der Waals surface area contributed by atoms with E-state index in [0.29, 0.717) is 42.3 Å². The molecule has 0 aliphatic carbocycles. The van der Waals surface area contributed by atoms with Crippen molar-refractivity contribution in [2.24, 2.45) is 0 Å². The van der Waals surface area contributed by atoms with Crippen molar-refractivity contribution in [3.8, 4) is 11.5 Å². The van der Waals surface area contributed by atoms with Gasteiger partial charge in [0.1, 0.15) is 17.5 Å². The van der Waals surface area contributed by atoms with Gasteiger partial charge >= 0.3 is 0 Å². The number of hydrogen-bond donors (Lipinski definition) is 2. The normalized spacial score (nSPS) is 18.6. The largest absolute Gasteiger partial charge is 0.494 e. The molecular weight excluding hydrogens is 422 g/mol. The number of benzene rings is 2. The van der Waals surface area contributed by atoms with Crippen LogP contribution in [0.3, 0.4) is 0 Å². The second-order valence-electron chi connectivity index (χ2n) is 7.22. The van der Waals surface area contributed by atoms with Crippen LogP contribution in [0.15, 0.2) is 47.4 Å². The minimum absolute atomic E-state index is 0.00202. The topological polar surface area (TPSA) is 114 Å². The van der Waals surface area contributed by atoms with Crippen molar-refractivity contribution in [2.75, 3.05) is 30.4 Å². The summed E-state index contributed by atoms with van der Waals surface area (Å²) in [6.45, 7) is 2.55. The second kappa shape index (κ2) is 8.56. The molecular formula is C21H23N3O6S. The highest BCUT2D eigenvalue weighted by Gasteiger charge is 2.40.